The number of para-hydroxylation sites is 1. The first-order valence-corrected chi connectivity index (χ1v) is 8.02. The molecule has 2 aromatic carbocycles. The molecule has 1 N–H and O–H groups in total. The number of benzene rings is 2. The Kier molecular flexibility index (Phi) is 4.30. The number of nitrogens with zero attached hydrogens (tertiary/aromatic N) is 1. The van der Waals surface area contributed by atoms with Crippen LogP contribution in [0.25, 0.3) is 10.9 Å². The average Bonchev–Trinajstić information content (AvgIpc) is 2.87. The Morgan fingerprint density at radius 1 is 1.09 bits per heavy atom. The SMILES string of the molecule is CCCC(O)n1c(C)c(C(=O)c2ccccc2)c2ccccc21. The second-order valence-electron chi connectivity index (χ2n) is 5.81. The molecule has 1 atom stereocenters. The van der Waals surface area contributed by atoms with E-state index in [-0.39, 0.29) is 5.78 Å². The zero-order valence-electron chi connectivity index (χ0n) is 13.5. The highest BCUT2D eigenvalue weighted by Crippen LogP contribution is 2.31. The van der Waals surface area contributed by atoms with Crippen molar-refractivity contribution in [1.82, 2.24) is 4.57 Å². The molecule has 0 saturated carbocycles. The van der Waals surface area contributed by atoms with Gasteiger partial charge in [0.15, 0.2) is 5.78 Å². The van der Waals surface area contributed by atoms with E-state index < -0.39 is 6.23 Å². The Balaban J connectivity index is 2.22. The predicted molar refractivity (Wildman–Crippen MR) is 92.7 cm³/mol. The van der Waals surface area contributed by atoms with Crippen LogP contribution in [0.1, 0.15) is 47.6 Å². The fourth-order valence-electron chi connectivity index (χ4n) is 3.18. The van der Waals surface area contributed by atoms with Crippen LogP contribution in [0.15, 0.2) is 54.6 Å². The van der Waals surface area contributed by atoms with Gasteiger partial charge in [-0.05, 0) is 19.4 Å². The summed E-state index contributed by atoms with van der Waals surface area (Å²) < 4.78 is 1.88. The third-order valence-corrected chi connectivity index (χ3v) is 4.26. The number of fused-ring (bicyclic) bond motifs is 1. The quantitative estimate of drug-likeness (QED) is 0.707. The molecule has 0 aliphatic carbocycles. The van der Waals surface area contributed by atoms with Gasteiger partial charge in [0.05, 0.1) is 11.1 Å². The number of carbonyl (C=O) groups excluding carboxylic acids is 1. The first-order valence-electron chi connectivity index (χ1n) is 8.02. The normalized spacial score (nSPS) is 12.5. The van der Waals surface area contributed by atoms with E-state index in [0.717, 1.165) is 23.0 Å². The highest BCUT2D eigenvalue weighted by atomic mass is 16.3. The summed E-state index contributed by atoms with van der Waals surface area (Å²) >= 11 is 0. The van der Waals surface area contributed by atoms with Crippen molar-refractivity contribution in [2.45, 2.75) is 32.9 Å². The van der Waals surface area contributed by atoms with Crippen molar-refractivity contribution in [3.05, 3.63) is 71.4 Å². The molecular formula is C20H21NO2. The lowest BCUT2D eigenvalue weighted by molar-refractivity contribution is 0.0956. The van der Waals surface area contributed by atoms with E-state index >= 15 is 0 Å². The number of carbonyl (C=O) groups is 1. The first kappa shape index (κ1) is 15.5. The van der Waals surface area contributed by atoms with Crippen LogP contribution in [-0.2, 0) is 0 Å². The molecule has 0 saturated heterocycles. The maximum atomic E-state index is 13.0. The molecule has 3 aromatic rings. The van der Waals surface area contributed by atoms with E-state index in [1.807, 2.05) is 73.0 Å². The summed E-state index contributed by atoms with van der Waals surface area (Å²) in [6, 6.07) is 17.1. The number of aliphatic hydroxyl groups is 1. The monoisotopic (exact) mass is 307 g/mol. The van der Waals surface area contributed by atoms with Crippen LogP contribution in [0.5, 0.6) is 0 Å². The van der Waals surface area contributed by atoms with E-state index in [4.69, 9.17) is 0 Å². The zero-order valence-corrected chi connectivity index (χ0v) is 13.5. The van der Waals surface area contributed by atoms with Crippen molar-refractivity contribution < 1.29 is 9.90 Å². The Morgan fingerprint density at radius 3 is 2.43 bits per heavy atom. The first-order chi connectivity index (χ1) is 11.1. The van der Waals surface area contributed by atoms with Crippen LogP contribution in [0.3, 0.4) is 0 Å². The molecule has 0 spiro atoms. The van der Waals surface area contributed by atoms with Gasteiger partial charge in [0.2, 0.25) is 0 Å². The summed E-state index contributed by atoms with van der Waals surface area (Å²) in [4.78, 5) is 13.0. The second kappa shape index (κ2) is 6.39. The van der Waals surface area contributed by atoms with Crippen LogP contribution in [-0.4, -0.2) is 15.5 Å². The number of hydrogen-bond acceptors (Lipinski definition) is 2. The van der Waals surface area contributed by atoms with Crippen molar-refractivity contribution in [2.24, 2.45) is 0 Å². The number of aromatic nitrogens is 1. The minimum absolute atomic E-state index is 0.00162. The number of rotatable bonds is 5. The summed E-state index contributed by atoms with van der Waals surface area (Å²) in [6.07, 6.45) is 0.940. The van der Waals surface area contributed by atoms with Gasteiger partial charge < -0.3 is 9.67 Å². The van der Waals surface area contributed by atoms with Gasteiger partial charge in [0.1, 0.15) is 6.23 Å². The average molecular weight is 307 g/mol. The molecule has 0 amide bonds. The van der Waals surface area contributed by atoms with Crippen LogP contribution >= 0.6 is 0 Å². The Bertz CT molecular complexity index is 833. The van der Waals surface area contributed by atoms with Crippen molar-refractivity contribution >= 4 is 16.7 Å². The summed E-state index contributed by atoms with van der Waals surface area (Å²) in [7, 11) is 0. The number of aliphatic hydroxyl groups excluding tert-OH is 1. The van der Waals surface area contributed by atoms with Gasteiger partial charge in [-0.3, -0.25) is 4.79 Å². The molecule has 0 bridgehead atoms. The highest BCUT2D eigenvalue weighted by molar-refractivity contribution is 6.17. The number of ketones is 1. The molecule has 0 fully saturated rings. The summed E-state index contributed by atoms with van der Waals surface area (Å²) in [5.74, 6) is 0.00162. The van der Waals surface area contributed by atoms with E-state index in [2.05, 4.69) is 0 Å². The smallest absolute Gasteiger partial charge is 0.195 e. The zero-order chi connectivity index (χ0) is 16.4. The van der Waals surface area contributed by atoms with Crippen LogP contribution in [0.2, 0.25) is 0 Å². The predicted octanol–water partition coefficient (Wildman–Crippen LogP) is 4.47. The van der Waals surface area contributed by atoms with E-state index in [9.17, 15) is 9.90 Å². The van der Waals surface area contributed by atoms with E-state index in [1.165, 1.54) is 0 Å². The van der Waals surface area contributed by atoms with Gasteiger partial charge in [-0.25, -0.2) is 0 Å². The molecule has 0 radical (unpaired) electrons. The van der Waals surface area contributed by atoms with Crippen LogP contribution in [0.4, 0.5) is 0 Å². The Morgan fingerprint density at radius 2 is 1.74 bits per heavy atom. The molecule has 0 aliphatic rings. The lowest BCUT2D eigenvalue weighted by Crippen LogP contribution is -2.11. The molecule has 3 nitrogen and oxygen atoms in total. The lowest BCUT2D eigenvalue weighted by atomic mass is 10.0. The van der Waals surface area contributed by atoms with E-state index in [1.54, 1.807) is 0 Å². The summed E-state index contributed by atoms with van der Waals surface area (Å²) in [5, 5.41) is 11.4. The van der Waals surface area contributed by atoms with Gasteiger partial charge in [-0.2, -0.15) is 0 Å². The van der Waals surface area contributed by atoms with E-state index in [0.29, 0.717) is 17.5 Å². The van der Waals surface area contributed by atoms with Crippen LogP contribution < -0.4 is 0 Å². The van der Waals surface area contributed by atoms with Gasteiger partial charge in [-0.15, -0.1) is 0 Å². The topological polar surface area (TPSA) is 42.2 Å². The lowest BCUT2D eigenvalue weighted by Gasteiger charge is -2.15. The molecule has 1 heterocycles. The fourth-order valence-corrected chi connectivity index (χ4v) is 3.18. The highest BCUT2D eigenvalue weighted by Gasteiger charge is 2.23. The van der Waals surface area contributed by atoms with Crippen molar-refractivity contribution in [3.8, 4) is 0 Å². The molecule has 1 aromatic heterocycles. The van der Waals surface area contributed by atoms with Gasteiger partial charge in [-0.1, -0.05) is 61.9 Å². The van der Waals surface area contributed by atoms with Crippen molar-refractivity contribution in [1.29, 1.82) is 0 Å². The minimum atomic E-state index is -0.609. The van der Waals surface area contributed by atoms with Gasteiger partial charge in [0.25, 0.3) is 0 Å². The summed E-state index contributed by atoms with van der Waals surface area (Å²) in [5.41, 5.74) is 3.08. The number of hydrogen-bond donors (Lipinski definition) is 1. The summed E-state index contributed by atoms with van der Waals surface area (Å²) in [6.45, 7) is 3.95. The minimum Gasteiger partial charge on any atom is -0.373 e. The second-order valence-corrected chi connectivity index (χ2v) is 5.81. The molecule has 118 valence electrons. The van der Waals surface area contributed by atoms with Gasteiger partial charge >= 0.3 is 0 Å². The molecule has 3 heteroatoms. The molecule has 1 unspecified atom stereocenters. The largest absolute Gasteiger partial charge is 0.373 e. The van der Waals surface area contributed by atoms with Gasteiger partial charge in [0, 0.05) is 16.6 Å². The molecule has 3 rings (SSSR count). The fraction of sp³-hybridized carbons (Fsp3) is 0.250. The maximum absolute atomic E-state index is 13.0. The van der Waals surface area contributed by atoms with Crippen molar-refractivity contribution in [2.75, 3.05) is 0 Å². The molecular weight excluding hydrogens is 286 g/mol. The third-order valence-electron chi connectivity index (χ3n) is 4.26. The maximum Gasteiger partial charge on any atom is 0.195 e. The van der Waals surface area contributed by atoms with Crippen LogP contribution in [0, 0.1) is 6.92 Å². The standard InChI is InChI=1S/C20H21NO2/c1-3-9-18(22)21-14(2)19(16-12-7-8-13-17(16)21)20(23)15-10-5-4-6-11-15/h4-8,10-13,18,22H,3,9H2,1-2H3. The molecule has 23 heavy (non-hydrogen) atoms. The third kappa shape index (κ3) is 2.68. The molecule has 0 aliphatic heterocycles. The Labute approximate surface area is 136 Å². The Hall–Kier alpha value is -2.39. The van der Waals surface area contributed by atoms with Crippen molar-refractivity contribution in [3.63, 3.8) is 0 Å².